The van der Waals surface area contributed by atoms with Gasteiger partial charge in [-0.15, -0.1) is 5.10 Å². The van der Waals surface area contributed by atoms with Crippen LogP contribution in [0.2, 0.25) is 0 Å². The highest BCUT2D eigenvalue weighted by atomic mass is 16.5. The Labute approximate surface area is 163 Å². The van der Waals surface area contributed by atoms with Crippen molar-refractivity contribution < 1.29 is 14.6 Å². The average Bonchev–Trinajstić information content (AvgIpc) is 3.11. The van der Waals surface area contributed by atoms with Crippen molar-refractivity contribution >= 4 is 22.6 Å². The molecule has 0 fully saturated rings. The van der Waals surface area contributed by atoms with Gasteiger partial charge in [0, 0.05) is 18.2 Å². The maximum Gasteiger partial charge on any atom is 0.331 e. The van der Waals surface area contributed by atoms with Crippen LogP contribution in [0.25, 0.3) is 16.6 Å². The minimum atomic E-state index is -0.442. The van der Waals surface area contributed by atoms with Crippen LogP contribution in [0.3, 0.4) is 0 Å². The molecule has 0 bridgehead atoms. The molecule has 0 amide bonds. The zero-order valence-corrected chi connectivity index (χ0v) is 16.6. The van der Waals surface area contributed by atoms with E-state index in [0.29, 0.717) is 17.0 Å². The van der Waals surface area contributed by atoms with Gasteiger partial charge in [-0.2, -0.15) is 0 Å². The molecule has 0 aliphatic carbocycles. The van der Waals surface area contributed by atoms with Gasteiger partial charge >= 0.3 is 5.97 Å². The van der Waals surface area contributed by atoms with Crippen molar-refractivity contribution in [2.24, 2.45) is 0 Å². The summed E-state index contributed by atoms with van der Waals surface area (Å²) in [6.45, 7) is 8.45. The van der Waals surface area contributed by atoms with Crippen LogP contribution >= 0.6 is 0 Å². The SMILES string of the molecule is CCOC(=O)/C=C(/c1ccc(C)c(CO)n1)c1ccc2c(nnn2CC)c1C. The molecule has 0 saturated heterocycles. The highest BCUT2D eigenvalue weighted by Gasteiger charge is 2.17. The number of aromatic nitrogens is 4. The van der Waals surface area contributed by atoms with E-state index < -0.39 is 5.97 Å². The van der Waals surface area contributed by atoms with Crippen LogP contribution in [0.15, 0.2) is 30.3 Å². The van der Waals surface area contributed by atoms with Crippen molar-refractivity contribution in [3.63, 3.8) is 0 Å². The van der Waals surface area contributed by atoms with E-state index in [0.717, 1.165) is 34.3 Å². The van der Waals surface area contributed by atoms with E-state index in [4.69, 9.17) is 4.74 Å². The van der Waals surface area contributed by atoms with Crippen LogP contribution in [0.4, 0.5) is 0 Å². The van der Waals surface area contributed by atoms with Gasteiger partial charge in [0.2, 0.25) is 0 Å². The first kappa shape index (κ1) is 19.7. The number of nitrogens with zero attached hydrogens (tertiary/aromatic N) is 4. The Hall–Kier alpha value is -3.06. The Morgan fingerprint density at radius 3 is 2.68 bits per heavy atom. The van der Waals surface area contributed by atoms with Gasteiger partial charge in [0.15, 0.2) is 0 Å². The molecule has 0 aliphatic rings. The summed E-state index contributed by atoms with van der Waals surface area (Å²) in [4.78, 5) is 16.8. The van der Waals surface area contributed by atoms with Crippen LogP contribution in [0.1, 0.15) is 41.9 Å². The first-order valence-corrected chi connectivity index (χ1v) is 9.29. The second-order valence-electron chi connectivity index (χ2n) is 6.44. The van der Waals surface area contributed by atoms with Gasteiger partial charge < -0.3 is 9.84 Å². The van der Waals surface area contributed by atoms with Gasteiger partial charge in [0.25, 0.3) is 0 Å². The zero-order chi connectivity index (χ0) is 20.3. The zero-order valence-electron chi connectivity index (χ0n) is 16.6. The maximum atomic E-state index is 12.2. The summed E-state index contributed by atoms with van der Waals surface area (Å²) in [6, 6.07) is 7.61. The van der Waals surface area contributed by atoms with E-state index in [-0.39, 0.29) is 13.2 Å². The summed E-state index contributed by atoms with van der Waals surface area (Å²) in [5, 5.41) is 18.1. The van der Waals surface area contributed by atoms with Crippen molar-refractivity contribution in [3.05, 3.63) is 58.4 Å². The number of esters is 1. The first-order chi connectivity index (χ1) is 13.5. The lowest BCUT2D eigenvalue weighted by Gasteiger charge is -2.13. The van der Waals surface area contributed by atoms with E-state index in [1.165, 1.54) is 6.08 Å². The molecule has 0 aliphatic heterocycles. The van der Waals surface area contributed by atoms with E-state index in [1.54, 1.807) is 6.92 Å². The van der Waals surface area contributed by atoms with Gasteiger partial charge in [0.1, 0.15) is 5.52 Å². The lowest BCUT2D eigenvalue weighted by molar-refractivity contribution is -0.137. The van der Waals surface area contributed by atoms with Crippen molar-refractivity contribution in [2.75, 3.05) is 6.61 Å². The highest BCUT2D eigenvalue weighted by Crippen LogP contribution is 2.30. The number of fused-ring (bicyclic) bond motifs is 1. The predicted octanol–water partition coefficient (Wildman–Crippen LogP) is 2.95. The molecular formula is C21H24N4O3. The summed E-state index contributed by atoms with van der Waals surface area (Å²) >= 11 is 0. The fraction of sp³-hybridized carbons (Fsp3) is 0.333. The van der Waals surface area contributed by atoms with Gasteiger partial charge in [-0.1, -0.05) is 17.3 Å². The van der Waals surface area contributed by atoms with Crippen molar-refractivity contribution in [3.8, 4) is 0 Å². The van der Waals surface area contributed by atoms with Gasteiger partial charge in [-0.25, -0.2) is 9.48 Å². The average molecular weight is 380 g/mol. The molecule has 0 unspecified atom stereocenters. The summed E-state index contributed by atoms with van der Waals surface area (Å²) < 4.78 is 6.95. The molecule has 2 aromatic heterocycles. The molecule has 1 aromatic carbocycles. The Kier molecular flexibility index (Phi) is 5.84. The monoisotopic (exact) mass is 380 g/mol. The largest absolute Gasteiger partial charge is 0.463 e. The van der Waals surface area contributed by atoms with Crippen LogP contribution in [-0.2, 0) is 22.7 Å². The number of aryl methyl sites for hydroxylation is 3. The Balaban J connectivity index is 2.21. The third-order valence-electron chi connectivity index (χ3n) is 4.71. The number of benzene rings is 1. The van der Waals surface area contributed by atoms with Crippen molar-refractivity contribution in [2.45, 2.75) is 40.8 Å². The number of hydrogen-bond donors (Lipinski definition) is 1. The molecule has 1 N–H and O–H groups in total. The standard InChI is InChI=1S/C21H24N4O3/c1-5-25-19-10-8-15(14(4)21(19)23-24-25)16(11-20(27)28-6-2)17-9-7-13(3)18(12-26)22-17/h7-11,26H,5-6,12H2,1-4H3/b16-11+. The van der Waals surface area contributed by atoms with Gasteiger partial charge in [-0.3, -0.25) is 4.98 Å². The van der Waals surface area contributed by atoms with E-state index in [1.807, 2.05) is 49.7 Å². The quantitative estimate of drug-likeness (QED) is 0.522. The summed E-state index contributed by atoms with van der Waals surface area (Å²) in [5.74, 6) is -0.442. The Morgan fingerprint density at radius 2 is 2.00 bits per heavy atom. The normalized spacial score (nSPS) is 11.8. The maximum absolute atomic E-state index is 12.2. The molecule has 0 radical (unpaired) electrons. The lowest BCUT2D eigenvalue weighted by atomic mass is 9.95. The second kappa shape index (κ2) is 8.31. The number of aliphatic hydroxyl groups excluding tert-OH is 1. The minimum absolute atomic E-state index is 0.171. The molecule has 2 heterocycles. The topological polar surface area (TPSA) is 90.1 Å². The third kappa shape index (κ3) is 3.66. The molecule has 0 atom stereocenters. The molecule has 3 aromatic rings. The number of pyridine rings is 1. The van der Waals surface area contributed by atoms with Gasteiger partial charge in [0.05, 0.1) is 30.1 Å². The minimum Gasteiger partial charge on any atom is -0.463 e. The summed E-state index contributed by atoms with van der Waals surface area (Å²) in [7, 11) is 0. The van der Waals surface area contributed by atoms with Crippen LogP contribution in [0.5, 0.6) is 0 Å². The van der Waals surface area contributed by atoms with E-state index in [2.05, 4.69) is 15.3 Å². The van der Waals surface area contributed by atoms with Crippen LogP contribution < -0.4 is 0 Å². The summed E-state index contributed by atoms with van der Waals surface area (Å²) in [6.07, 6.45) is 1.45. The van der Waals surface area contributed by atoms with E-state index >= 15 is 0 Å². The third-order valence-corrected chi connectivity index (χ3v) is 4.71. The van der Waals surface area contributed by atoms with Crippen LogP contribution in [0, 0.1) is 13.8 Å². The molecule has 3 rings (SSSR count). The number of rotatable bonds is 6. The van der Waals surface area contributed by atoms with Gasteiger partial charge in [-0.05, 0) is 56.5 Å². The first-order valence-electron chi connectivity index (χ1n) is 9.29. The molecule has 0 saturated carbocycles. The molecule has 7 heteroatoms. The number of carbonyl (C=O) groups is 1. The smallest absolute Gasteiger partial charge is 0.331 e. The fourth-order valence-electron chi connectivity index (χ4n) is 3.17. The van der Waals surface area contributed by atoms with Crippen molar-refractivity contribution in [1.82, 2.24) is 20.0 Å². The number of aliphatic hydroxyl groups is 1. The second-order valence-corrected chi connectivity index (χ2v) is 6.44. The fourth-order valence-corrected chi connectivity index (χ4v) is 3.17. The Morgan fingerprint density at radius 1 is 1.21 bits per heavy atom. The summed E-state index contributed by atoms with van der Waals surface area (Å²) in [5.41, 5.74) is 6.12. The molecular weight excluding hydrogens is 356 g/mol. The lowest BCUT2D eigenvalue weighted by Crippen LogP contribution is -2.05. The highest BCUT2D eigenvalue weighted by molar-refractivity contribution is 5.98. The predicted molar refractivity (Wildman–Crippen MR) is 107 cm³/mol. The number of ether oxygens (including phenoxy) is 1. The molecule has 28 heavy (non-hydrogen) atoms. The molecule has 146 valence electrons. The molecule has 0 spiro atoms. The number of carbonyl (C=O) groups excluding carboxylic acids is 1. The van der Waals surface area contributed by atoms with E-state index in [9.17, 15) is 9.90 Å². The van der Waals surface area contributed by atoms with Crippen molar-refractivity contribution in [1.29, 1.82) is 0 Å². The van der Waals surface area contributed by atoms with Crippen LogP contribution in [-0.4, -0.2) is 37.7 Å². The Bertz CT molecular complexity index is 1050. The number of hydrogen-bond acceptors (Lipinski definition) is 6. The molecule has 7 nitrogen and oxygen atoms in total.